The summed E-state index contributed by atoms with van der Waals surface area (Å²) in [5, 5.41) is 5.18. The minimum Gasteiger partial charge on any atom is -0.338 e. The van der Waals surface area contributed by atoms with Crippen LogP contribution in [0.1, 0.15) is 49.3 Å². The number of alkyl halides is 2. The Morgan fingerprint density at radius 2 is 2.00 bits per heavy atom. The molecular weight excluding hydrogens is 476 g/mol. The molecule has 0 spiro atoms. The van der Waals surface area contributed by atoms with Crippen molar-refractivity contribution in [1.82, 2.24) is 34.7 Å². The van der Waals surface area contributed by atoms with Gasteiger partial charge in [-0.25, -0.2) is 14.6 Å². The van der Waals surface area contributed by atoms with Crippen molar-refractivity contribution < 1.29 is 8.78 Å². The Labute approximate surface area is 202 Å². The minimum absolute atomic E-state index is 0.128. The van der Waals surface area contributed by atoms with E-state index in [4.69, 9.17) is 11.6 Å². The van der Waals surface area contributed by atoms with Gasteiger partial charge in [0.1, 0.15) is 16.5 Å². The van der Waals surface area contributed by atoms with Gasteiger partial charge in [0.05, 0.1) is 39.4 Å². The lowest BCUT2D eigenvalue weighted by molar-refractivity contribution is 0.0541. The first-order chi connectivity index (χ1) is 16.9. The third-order valence-corrected chi connectivity index (χ3v) is 6.63. The normalized spacial score (nSPS) is 14.0. The zero-order valence-corrected chi connectivity index (χ0v) is 19.6. The molecule has 5 aromatic rings. The summed E-state index contributed by atoms with van der Waals surface area (Å²) in [6, 6.07) is 5.05. The quantitative estimate of drug-likeness (QED) is 0.312. The zero-order valence-electron chi connectivity index (χ0n) is 18.9. The number of aromatic nitrogens is 7. The predicted octanol–water partition coefficient (Wildman–Crippen LogP) is 5.52. The van der Waals surface area contributed by atoms with Crippen LogP contribution >= 0.6 is 11.6 Å². The highest BCUT2D eigenvalue weighted by Crippen LogP contribution is 2.46. The Hall–Kier alpha value is -3.66. The first-order valence-corrected chi connectivity index (χ1v) is 11.7. The molecule has 0 radical (unpaired) electrons. The molecule has 178 valence electrons. The molecule has 0 unspecified atom stereocenters. The first-order valence-electron chi connectivity index (χ1n) is 11.3. The number of halogens is 3. The molecule has 0 atom stereocenters. The van der Waals surface area contributed by atoms with Gasteiger partial charge in [-0.2, -0.15) is 13.9 Å². The summed E-state index contributed by atoms with van der Waals surface area (Å²) >= 11 is 6.14. The summed E-state index contributed by atoms with van der Waals surface area (Å²) in [5.41, 5.74) is 4.59. The highest BCUT2D eigenvalue weighted by atomic mass is 35.5. The lowest BCUT2D eigenvalue weighted by Crippen LogP contribution is -2.10. The Bertz CT molecular complexity index is 1680. The maximum Gasteiger partial charge on any atom is 0.333 e. The monoisotopic (exact) mass is 495 g/mol. The van der Waals surface area contributed by atoms with Crippen molar-refractivity contribution in [3.05, 3.63) is 57.0 Å². The van der Waals surface area contributed by atoms with Gasteiger partial charge < -0.3 is 9.97 Å². The Morgan fingerprint density at radius 1 is 1.20 bits per heavy atom. The smallest absolute Gasteiger partial charge is 0.333 e. The van der Waals surface area contributed by atoms with E-state index in [9.17, 15) is 13.6 Å². The maximum absolute atomic E-state index is 13.7. The number of nitrogens with zero attached hydrogens (tertiary/aromatic N) is 5. The van der Waals surface area contributed by atoms with Crippen molar-refractivity contribution in [2.75, 3.05) is 0 Å². The molecular formula is C24H20ClF2N7O. The van der Waals surface area contributed by atoms with E-state index in [0.29, 0.717) is 67.5 Å². The largest absolute Gasteiger partial charge is 0.338 e. The molecule has 35 heavy (non-hydrogen) atoms. The number of H-pyrrole nitrogens is 2. The molecule has 0 aliphatic heterocycles. The van der Waals surface area contributed by atoms with Gasteiger partial charge in [-0.15, -0.1) is 0 Å². The van der Waals surface area contributed by atoms with Gasteiger partial charge in [-0.1, -0.05) is 18.5 Å². The van der Waals surface area contributed by atoms with Crippen molar-refractivity contribution in [2.45, 2.75) is 45.6 Å². The third-order valence-electron chi connectivity index (χ3n) is 6.43. The van der Waals surface area contributed by atoms with Crippen LogP contribution in [-0.4, -0.2) is 34.7 Å². The van der Waals surface area contributed by atoms with Gasteiger partial charge in [0, 0.05) is 29.1 Å². The molecule has 1 saturated carbocycles. The van der Waals surface area contributed by atoms with E-state index in [2.05, 4.69) is 30.0 Å². The van der Waals surface area contributed by atoms with E-state index in [0.717, 1.165) is 23.2 Å². The number of rotatable bonds is 5. The fourth-order valence-corrected chi connectivity index (χ4v) is 4.80. The molecule has 11 heteroatoms. The fourth-order valence-electron chi connectivity index (χ4n) is 4.59. The van der Waals surface area contributed by atoms with Crippen molar-refractivity contribution in [3.8, 4) is 22.6 Å². The standard InChI is InChI=1S/C24H20ClF2N7O/c1-3-14-21-16(9-17(25)29-14)30-22(32-21)13-8-12-15(31-23(13)35)6-7-28-20(12)18-10(2)34(24(26)27)33-19(18)11-4-5-11/h6-9,11,24H,3-5H2,1-2H3,(H,30,32)(H,31,35). The molecule has 0 saturated heterocycles. The summed E-state index contributed by atoms with van der Waals surface area (Å²) in [4.78, 5) is 32.6. The number of imidazole rings is 1. The number of fused-ring (bicyclic) bond motifs is 2. The number of hydrogen-bond donors (Lipinski definition) is 2. The van der Waals surface area contributed by atoms with Crippen LogP contribution in [0.4, 0.5) is 8.78 Å². The summed E-state index contributed by atoms with van der Waals surface area (Å²) in [6.45, 7) is 0.817. The lowest BCUT2D eigenvalue weighted by Gasteiger charge is -2.09. The van der Waals surface area contributed by atoms with Crippen molar-refractivity contribution in [2.24, 2.45) is 0 Å². The number of pyridine rings is 3. The summed E-state index contributed by atoms with van der Waals surface area (Å²) < 4.78 is 28.1. The average molecular weight is 496 g/mol. The van der Waals surface area contributed by atoms with Gasteiger partial charge in [0.2, 0.25) is 0 Å². The SMILES string of the molecule is CCc1nc(Cl)cc2[nH]c(-c3cc4c(-c5c(C6CC6)nn(C(F)F)c5C)nccc4[nH]c3=O)nc12. The van der Waals surface area contributed by atoms with Gasteiger partial charge in [0.25, 0.3) is 5.56 Å². The second-order valence-electron chi connectivity index (χ2n) is 8.70. The maximum atomic E-state index is 13.7. The fraction of sp³-hybridized carbons (Fsp3) is 0.292. The van der Waals surface area contributed by atoms with Crippen LogP contribution in [0.2, 0.25) is 5.15 Å². The summed E-state index contributed by atoms with van der Waals surface area (Å²) in [6.07, 6.45) is 3.98. The van der Waals surface area contributed by atoms with E-state index in [-0.39, 0.29) is 11.5 Å². The highest BCUT2D eigenvalue weighted by molar-refractivity contribution is 6.30. The van der Waals surface area contributed by atoms with E-state index in [1.807, 2.05) is 6.92 Å². The van der Waals surface area contributed by atoms with E-state index < -0.39 is 6.55 Å². The zero-order chi connectivity index (χ0) is 24.4. The molecule has 6 rings (SSSR count). The minimum atomic E-state index is -2.75. The van der Waals surface area contributed by atoms with Crippen LogP contribution in [0.25, 0.3) is 44.6 Å². The molecule has 8 nitrogen and oxygen atoms in total. The van der Waals surface area contributed by atoms with Crippen LogP contribution in [0.15, 0.2) is 29.2 Å². The van der Waals surface area contributed by atoms with Crippen LogP contribution < -0.4 is 5.56 Å². The number of aryl methyl sites for hydroxylation is 1. The molecule has 0 amide bonds. The lowest BCUT2D eigenvalue weighted by atomic mass is 10.0. The van der Waals surface area contributed by atoms with E-state index in [1.165, 1.54) is 0 Å². The van der Waals surface area contributed by atoms with Crippen molar-refractivity contribution >= 4 is 33.5 Å². The van der Waals surface area contributed by atoms with Gasteiger partial charge in [0.15, 0.2) is 0 Å². The predicted molar refractivity (Wildman–Crippen MR) is 129 cm³/mol. The van der Waals surface area contributed by atoms with Gasteiger partial charge in [-0.05, 0) is 38.3 Å². The van der Waals surface area contributed by atoms with E-state index >= 15 is 0 Å². The molecule has 5 heterocycles. The van der Waals surface area contributed by atoms with Crippen molar-refractivity contribution in [1.29, 1.82) is 0 Å². The molecule has 0 bridgehead atoms. The van der Waals surface area contributed by atoms with Gasteiger partial charge >= 0.3 is 6.55 Å². The molecule has 0 aromatic carbocycles. The summed E-state index contributed by atoms with van der Waals surface area (Å²) in [7, 11) is 0. The first kappa shape index (κ1) is 21.8. The highest BCUT2D eigenvalue weighted by Gasteiger charge is 2.33. The summed E-state index contributed by atoms with van der Waals surface area (Å²) in [5.74, 6) is 0.488. The second kappa shape index (κ2) is 7.94. The van der Waals surface area contributed by atoms with Crippen LogP contribution in [0.5, 0.6) is 0 Å². The third kappa shape index (κ3) is 3.51. The molecule has 2 N–H and O–H groups in total. The van der Waals surface area contributed by atoms with E-state index in [1.54, 1.807) is 31.3 Å². The number of aromatic amines is 2. The van der Waals surface area contributed by atoms with Crippen LogP contribution in [0, 0.1) is 6.92 Å². The Balaban J connectivity index is 1.60. The molecule has 5 aromatic heterocycles. The van der Waals surface area contributed by atoms with Crippen LogP contribution in [-0.2, 0) is 6.42 Å². The molecule has 1 aliphatic carbocycles. The molecule has 1 aliphatic rings. The van der Waals surface area contributed by atoms with Crippen LogP contribution in [0.3, 0.4) is 0 Å². The van der Waals surface area contributed by atoms with Gasteiger partial charge in [-0.3, -0.25) is 9.78 Å². The Kier molecular flexibility index (Phi) is 4.96. The second-order valence-corrected chi connectivity index (χ2v) is 9.09. The number of hydrogen-bond acceptors (Lipinski definition) is 5. The topological polar surface area (TPSA) is 105 Å². The average Bonchev–Trinajstić information content (AvgIpc) is 3.49. The molecule has 1 fully saturated rings. The number of nitrogens with one attached hydrogen (secondary N) is 2. The van der Waals surface area contributed by atoms with Crippen molar-refractivity contribution in [3.63, 3.8) is 0 Å². The Morgan fingerprint density at radius 3 is 2.71 bits per heavy atom.